The second kappa shape index (κ2) is 10.1. The molecule has 0 saturated carbocycles. The van der Waals surface area contributed by atoms with Crippen molar-refractivity contribution >= 4 is 29.9 Å². The Morgan fingerprint density at radius 2 is 2.09 bits per heavy atom. The maximum Gasteiger partial charge on any atom is 0.191 e. The minimum absolute atomic E-state index is 0. The van der Waals surface area contributed by atoms with Gasteiger partial charge in [-0.2, -0.15) is 0 Å². The van der Waals surface area contributed by atoms with E-state index in [-0.39, 0.29) is 30.1 Å². The van der Waals surface area contributed by atoms with Crippen LogP contribution in [0.25, 0.3) is 0 Å². The zero-order valence-corrected chi connectivity index (χ0v) is 16.0. The third kappa shape index (κ3) is 6.94. The number of hydrogen-bond donors (Lipinski definition) is 2. The SMILES string of the molecule is CN=C(NCc1ccco1)NCC(C)Oc1cccc(C)c1.I. The van der Waals surface area contributed by atoms with E-state index in [2.05, 4.69) is 28.6 Å². The lowest BCUT2D eigenvalue weighted by Crippen LogP contribution is -2.41. The van der Waals surface area contributed by atoms with E-state index in [9.17, 15) is 0 Å². The quantitative estimate of drug-likeness (QED) is 0.420. The third-order valence-corrected chi connectivity index (χ3v) is 3.12. The molecule has 1 unspecified atom stereocenters. The molecule has 6 heteroatoms. The lowest BCUT2D eigenvalue weighted by atomic mass is 10.2. The van der Waals surface area contributed by atoms with Crippen LogP contribution in [0.2, 0.25) is 0 Å². The van der Waals surface area contributed by atoms with Gasteiger partial charge in [-0.3, -0.25) is 4.99 Å². The van der Waals surface area contributed by atoms with Crippen LogP contribution in [-0.4, -0.2) is 25.7 Å². The van der Waals surface area contributed by atoms with Crippen LogP contribution in [0.5, 0.6) is 5.75 Å². The molecule has 2 aromatic rings. The summed E-state index contributed by atoms with van der Waals surface area (Å²) in [5.74, 6) is 2.47. The van der Waals surface area contributed by atoms with E-state index in [0.717, 1.165) is 17.5 Å². The van der Waals surface area contributed by atoms with E-state index in [1.807, 2.05) is 37.3 Å². The molecule has 0 aliphatic rings. The molecular formula is C17H24IN3O2. The van der Waals surface area contributed by atoms with Gasteiger partial charge in [-0.25, -0.2) is 0 Å². The lowest BCUT2D eigenvalue weighted by molar-refractivity contribution is 0.223. The molecule has 0 aliphatic carbocycles. The maximum atomic E-state index is 5.88. The topological polar surface area (TPSA) is 58.8 Å². The second-order valence-electron chi connectivity index (χ2n) is 5.13. The van der Waals surface area contributed by atoms with Gasteiger partial charge in [-0.15, -0.1) is 24.0 Å². The van der Waals surface area contributed by atoms with Crippen LogP contribution in [0.3, 0.4) is 0 Å². The predicted molar refractivity (Wildman–Crippen MR) is 104 cm³/mol. The van der Waals surface area contributed by atoms with E-state index in [4.69, 9.17) is 9.15 Å². The van der Waals surface area contributed by atoms with Crippen LogP contribution >= 0.6 is 24.0 Å². The Hall–Kier alpha value is -1.70. The van der Waals surface area contributed by atoms with E-state index >= 15 is 0 Å². The minimum atomic E-state index is 0. The Morgan fingerprint density at radius 3 is 2.74 bits per heavy atom. The average Bonchev–Trinajstić information content (AvgIpc) is 3.01. The van der Waals surface area contributed by atoms with Gasteiger partial charge >= 0.3 is 0 Å². The van der Waals surface area contributed by atoms with Crippen molar-refractivity contribution < 1.29 is 9.15 Å². The van der Waals surface area contributed by atoms with Crippen LogP contribution in [0.4, 0.5) is 0 Å². The van der Waals surface area contributed by atoms with Crippen molar-refractivity contribution in [2.24, 2.45) is 4.99 Å². The summed E-state index contributed by atoms with van der Waals surface area (Å²) < 4.78 is 11.2. The fourth-order valence-electron chi connectivity index (χ4n) is 2.01. The summed E-state index contributed by atoms with van der Waals surface area (Å²) in [5.41, 5.74) is 1.19. The van der Waals surface area contributed by atoms with Gasteiger partial charge in [0.15, 0.2) is 5.96 Å². The number of aryl methyl sites for hydroxylation is 1. The van der Waals surface area contributed by atoms with Gasteiger partial charge in [0, 0.05) is 7.05 Å². The summed E-state index contributed by atoms with van der Waals surface area (Å²) in [6.45, 7) is 5.33. The van der Waals surface area contributed by atoms with Crippen molar-refractivity contribution in [2.45, 2.75) is 26.5 Å². The van der Waals surface area contributed by atoms with Gasteiger partial charge in [0.2, 0.25) is 0 Å². The third-order valence-electron chi connectivity index (χ3n) is 3.12. The number of hydrogen-bond acceptors (Lipinski definition) is 3. The highest BCUT2D eigenvalue weighted by molar-refractivity contribution is 14.0. The largest absolute Gasteiger partial charge is 0.489 e. The number of halogens is 1. The number of guanidine groups is 1. The van der Waals surface area contributed by atoms with Crippen LogP contribution in [0.1, 0.15) is 18.2 Å². The highest BCUT2D eigenvalue weighted by Crippen LogP contribution is 2.13. The molecule has 126 valence electrons. The number of benzene rings is 1. The number of ether oxygens (including phenoxy) is 1. The normalized spacial score (nSPS) is 12.2. The molecule has 0 fully saturated rings. The fourth-order valence-corrected chi connectivity index (χ4v) is 2.01. The number of nitrogens with one attached hydrogen (secondary N) is 2. The molecule has 2 N–H and O–H groups in total. The average molecular weight is 429 g/mol. The highest BCUT2D eigenvalue weighted by Gasteiger charge is 2.06. The summed E-state index contributed by atoms with van der Waals surface area (Å²) >= 11 is 0. The molecule has 0 saturated heterocycles. The van der Waals surface area contributed by atoms with Gasteiger partial charge in [-0.05, 0) is 43.7 Å². The predicted octanol–water partition coefficient (Wildman–Crippen LogP) is 3.34. The molecule has 0 spiro atoms. The first-order valence-electron chi connectivity index (χ1n) is 7.37. The molecule has 1 atom stereocenters. The minimum Gasteiger partial charge on any atom is -0.489 e. The van der Waals surface area contributed by atoms with Gasteiger partial charge in [0.05, 0.1) is 19.4 Å². The lowest BCUT2D eigenvalue weighted by Gasteiger charge is -2.17. The van der Waals surface area contributed by atoms with E-state index < -0.39 is 0 Å². The first-order chi connectivity index (χ1) is 10.7. The van der Waals surface area contributed by atoms with Crippen molar-refractivity contribution in [2.75, 3.05) is 13.6 Å². The Bertz CT molecular complexity index is 600. The van der Waals surface area contributed by atoms with Gasteiger partial charge in [0.1, 0.15) is 17.6 Å². The summed E-state index contributed by atoms with van der Waals surface area (Å²) in [5, 5.41) is 6.43. The van der Waals surface area contributed by atoms with Gasteiger partial charge in [0.25, 0.3) is 0 Å². The highest BCUT2D eigenvalue weighted by atomic mass is 127. The van der Waals surface area contributed by atoms with E-state index in [0.29, 0.717) is 13.1 Å². The van der Waals surface area contributed by atoms with Gasteiger partial charge in [-0.1, -0.05) is 12.1 Å². The molecule has 0 radical (unpaired) electrons. The van der Waals surface area contributed by atoms with E-state index in [1.54, 1.807) is 13.3 Å². The first kappa shape index (κ1) is 19.3. The van der Waals surface area contributed by atoms with Crippen LogP contribution in [0.15, 0.2) is 52.1 Å². The molecule has 23 heavy (non-hydrogen) atoms. The Balaban J connectivity index is 0.00000264. The summed E-state index contributed by atoms with van der Waals surface area (Å²) in [4.78, 5) is 4.18. The summed E-state index contributed by atoms with van der Waals surface area (Å²) in [7, 11) is 1.74. The standard InChI is InChI=1S/C17H23N3O2.HI/c1-13-6-4-7-15(10-13)22-14(2)11-19-17(18-3)20-12-16-8-5-9-21-16;/h4-10,14H,11-12H2,1-3H3,(H2,18,19,20);1H. The second-order valence-corrected chi connectivity index (χ2v) is 5.13. The van der Waals surface area contributed by atoms with Gasteiger partial charge < -0.3 is 19.8 Å². The molecule has 0 aliphatic heterocycles. The van der Waals surface area contributed by atoms with Crippen molar-refractivity contribution in [3.63, 3.8) is 0 Å². The van der Waals surface area contributed by atoms with E-state index in [1.165, 1.54) is 5.56 Å². The Labute approximate surface area is 154 Å². The Morgan fingerprint density at radius 1 is 1.26 bits per heavy atom. The van der Waals surface area contributed by atoms with Crippen molar-refractivity contribution in [3.05, 3.63) is 54.0 Å². The molecule has 1 aromatic heterocycles. The molecule has 0 bridgehead atoms. The van der Waals surface area contributed by atoms with Crippen LogP contribution < -0.4 is 15.4 Å². The van der Waals surface area contributed by atoms with Crippen LogP contribution in [-0.2, 0) is 6.54 Å². The molecule has 2 rings (SSSR count). The zero-order chi connectivity index (χ0) is 15.8. The number of rotatable bonds is 6. The van der Waals surface area contributed by atoms with Crippen molar-refractivity contribution in [1.29, 1.82) is 0 Å². The maximum absolute atomic E-state index is 5.88. The number of nitrogens with zero attached hydrogens (tertiary/aromatic N) is 1. The molecule has 1 aromatic carbocycles. The zero-order valence-electron chi connectivity index (χ0n) is 13.7. The summed E-state index contributed by atoms with van der Waals surface area (Å²) in [6, 6.07) is 11.8. The number of aliphatic imine (C=N–C) groups is 1. The molecule has 5 nitrogen and oxygen atoms in total. The smallest absolute Gasteiger partial charge is 0.191 e. The molecule has 1 heterocycles. The van der Waals surface area contributed by atoms with Crippen molar-refractivity contribution in [3.8, 4) is 5.75 Å². The number of furan rings is 1. The Kier molecular flexibility index (Phi) is 8.53. The molecular weight excluding hydrogens is 405 g/mol. The first-order valence-corrected chi connectivity index (χ1v) is 7.37. The van der Waals surface area contributed by atoms with Crippen molar-refractivity contribution in [1.82, 2.24) is 10.6 Å². The monoisotopic (exact) mass is 429 g/mol. The summed E-state index contributed by atoms with van der Waals surface area (Å²) in [6.07, 6.45) is 1.69. The molecule has 0 amide bonds. The fraction of sp³-hybridized carbons (Fsp3) is 0.353. The van der Waals surface area contributed by atoms with Crippen LogP contribution in [0, 0.1) is 6.92 Å².